The van der Waals surface area contributed by atoms with Gasteiger partial charge in [0.25, 0.3) is 0 Å². The van der Waals surface area contributed by atoms with Gasteiger partial charge in [-0.1, -0.05) is 0 Å². The number of rotatable bonds is 2. The van der Waals surface area contributed by atoms with Crippen molar-refractivity contribution in [1.82, 2.24) is 4.90 Å². The van der Waals surface area contributed by atoms with Crippen molar-refractivity contribution >= 4 is 27.3 Å². The van der Waals surface area contributed by atoms with E-state index in [1.807, 2.05) is 0 Å². The Labute approximate surface area is 108 Å². The van der Waals surface area contributed by atoms with E-state index >= 15 is 0 Å². The number of halogens is 1. The van der Waals surface area contributed by atoms with Gasteiger partial charge in [-0.15, -0.1) is 11.6 Å². The number of hydrogen-bond acceptors (Lipinski definition) is 3. The van der Waals surface area contributed by atoms with Gasteiger partial charge in [0.05, 0.1) is 16.9 Å². The molecule has 0 saturated carbocycles. The molecule has 0 aromatic carbocycles. The Hall–Kier alpha value is -0.290. The summed E-state index contributed by atoms with van der Waals surface area (Å²) >= 11 is 5.79. The zero-order chi connectivity index (χ0) is 13.3. The molecule has 100 valence electrons. The zero-order valence-electron chi connectivity index (χ0n) is 10.6. The molecular formula is C11H20ClNO3S. The summed E-state index contributed by atoms with van der Waals surface area (Å²) in [4.78, 5) is 13.9. The van der Waals surface area contributed by atoms with Gasteiger partial charge in [-0.05, 0) is 27.2 Å². The molecule has 17 heavy (non-hydrogen) atoms. The van der Waals surface area contributed by atoms with Gasteiger partial charge in [-0.3, -0.25) is 4.79 Å². The Morgan fingerprint density at radius 3 is 2.59 bits per heavy atom. The van der Waals surface area contributed by atoms with E-state index in [2.05, 4.69) is 0 Å². The van der Waals surface area contributed by atoms with E-state index in [1.165, 1.54) is 0 Å². The maximum absolute atomic E-state index is 12.3. The smallest absolute Gasteiger partial charge is 0.229 e. The minimum atomic E-state index is -3.01. The number of amides is 1. The fourth-order valence-corrected chi connectivity index (χ4v) is 3.73. The maximum atomic E-state index is 12.3. The fourth-order valence-electron chi connectivity index (χ4n) is 1.96. The lowest BCUT2D eigenvalue weighted by Crippen LogP contribution is -2.47. The first-order valence-corrected chi connectivity index (χ1v) is 8.13. The number of alkyl halides is 1. The molecule has 1 amide bonds. The van der Waals surface area contributed by atoms with E-state index in [0.717, 1.165) is 0 Å². The van der Waals surface area contributed by atoms with Crippen molar-refractivity contribution in [2.24, 2.45) is 5.41 Å². The van der Waals surface area contributed by atoms with Crippen LogP contribution in [-0.2, 0) is 14.6 Å². The van der Waals surface area contributed by atoms with E-state index in [0.29, 0.717) is 13.0 Å². The van der Waals surface area contributed by atoms with Gasteiger partial charge in [-0.25, -0.2) is 8.42 Å². The van der Waals surface area contributed by atoms with E-state index in [-0.39, 0.29) is 29.3 Å². The molecule has 1 fully saturated rings. The van der Waals surface area contributed by atoms with Crippen LogP contribution in [0, 0.1) is 5.41 Å². The summed E-state index contributed by atoms with van der Waals surface area (Å²) in [5.41, 5.74) is -0.635. The van der Waals surface area contributed by atoms with Crippen LogP contribution in [0.5, 0.6) is 0 Å². The Morgan fingerprint density at radius 2 is 2.06 bits per heavy atom. The predicted octanol–water partition coefficient (Wildman–Crippen LogP) is 1.29. The highest BCUT2D eigenvalue weighted by atomic mass is 35.5. The summed E-state index contributed by atoms with van der Waals surface area (Å²) in [6, 6.07) is -0.266. The standard InChI is InChI=1S/C11H20ClNO3S/c1-9-7-17(15,16)6-4-5-13(9)10(14)11(2,3)8-12/h9H,4-8H2,1-3H3. The Morgan fingerprint density at radius 1 is 1.47 bits per heavy atom. The molecular weight excluding hydrogens is 262 g/mol. The molecule has 6 heteroatoms. The third-order valence-corrected chi connectivity index (χ3v) is 5.62. The summed E-state index contributed by atoms with van der Waals surface area (Å²) in [7, 11) is -3.01. The lowest BCUT2D eigenvalue weighted by Gasteiger charge is -2.33. The SMILES string of the molecule is CC1CS(=O)(=O)CCCN1C(=O)C(C)(C)CCl. The molecule has 0 spiro atoms. The summed E-state index contributed by atoms with van der Waals surface area (Å²) in [5.74, 6) is 0.401. The summed E-state index contributed by atoms with van der Waals surface area (Å²) in [6.45, 7) is 5.85. The summed E-state index contributed by atoms with van der Waals surface area (Å²) < 4.78 is 23.2. The highest BCUT2D eigenvalue weighted by Gasteiger charge is 2.36. The van der Waals surface area contributed by atoms with Crippen molar-refractivity contribution in [3.05, 3.63) is 0 Å². The molecule has 0 aromatic heterocycles. The molecule has 1 saturated heterocycles. The Kier molecular flexibility index (Phi) is 4.47. The molecule has 1 rings (SSSR count). The Bertz CT molecular complexity index is 392. The van der Waals surface area contributed by atoms with Crippen molar-refractivity contribution in [2.45, 2.75) is 33.2 Å². The molecule has 1 aliphatic heterocycles. The monoisotopic (exact) mass is 281 g/mol. The van der Waals surface area contributed by atoms with Crippen LogP contribution in [-0.4, -0.2) is 49.2 Å². The number of nitrogens with zero attached hydrogens (tertiary/aromatic N) is 1. The van der Waals surface area contributed by atoms with Gasteiger partial charge in [0, 0.05) is 18.5 Å². The molecule has 1 aliphatic rings. The fraction of sp³-hybridized carbons (Fsp3) is 0.909. The lowest BCUT2D eigenvalue weighted by atomic mass is 9.93. The quantitative estimate of drug-likeness (QED) is 0.717. The largest absolute Gasteiger partial charge is 0.338 e. The third kappa shape index (κ3) is 3.58. The van der Waals surface area contributed by atoms with Crippen LogP contribution in [0.2, 0.25) is 0 Å². The van der Waals surface area contributed by atoms with E-state index in [1.54, 1.807) is 25.7 Å². The van der Waals surface area contributed by atoms with Gasteiger partial charge < -0.3 is 4.90 Å². The molecule has 0 aromatic rings. The zero-order valence-corrected chi connectivity index (χ0v) is 12.1. The second-order valence-electron chi connectivity index (χ2n) is 5.33. The number of carbonyl (C=O) groups is 1. The van der Waals surface area contributed by atoms with Gasteiger partial charge in [0.2, 0.25) is 5.91 Å². The first-order chi connectivity index (χ1) is 7.69. The minimum Gasteiger partial charge on any atom is -0.338 e. The number of sulfone groups is 1. The van der Waals surface area contributed by atoms with Crippen molar-refractivity contribution in [3.63, 3.8) is 0 Å². The van der Waals surface area contributed by atoms with Crippen LogP contribution >= 0.6 is 11.6 Å². The molecule has 0 bridgehead atoms. The number of carbonyl (C=O) groups excluding carboxylic acids is 1. The highest BCUT2D eigenvalue weighted by Crippen LogP contribution is 2.24. The molecule has 0 N–H and O–H groups in total. The molecule has 1 heterocycles. The van der Waals surface area contributed by atoms with Crippen LogP contribution in [0.1, 0.15) is 27.2 Å². The van der Waals surface area contributed by atoms with E-state index in [4.69, 9.17) is 11.6 Å². The van der Waals surface area contributed by atoms with Gasteiger partial charge in [0.15, 0.2) is 9.84 Å². The second-order valence-corrected chi connectivity index (χ2v) is 7.83. The van der Waals surface area contributed by atoms with Crippen molar-refractivity contribution in [2.75, 3.05) is 23.9 Å². The normalized spacial score (nSPS) is 25.4. The van der Waals surface area contributed by atoms with E-state index < -0.39 is 15.3 Å². The first-order valence-electron chi connectivity index (χ1n) is 5.77. The van der Waals surface area contributed by atoms with Crippen molar-refractivity contribution < 1.29 is 13.2 Å². The highest BCUT2D eigenvalue weighted by molar-refractivity contribution is 7.91. The van der Waals surface area contributed by atoms with Crippen molar-refractivity contribution in [3.8, 4) is 0 Å². The van der Waals surface area contributed by atoms with Crippen LogP contribution in [0.3, 0.4) is 0 Å². The van der Waals surface area contributed by atoms with Crippen LogP contribution in [0.25, 0.3) is 0 Å². The van der Waals surface area contributed by atoms with Gasteiger partial charge in [0.1, 0.15) is 0 Å². The molecule has 4 nitrogen and oxygen atoms in total. The van der Waals surface area contributed by atoms with E-state index in [9.17, 15) is 13.2 Å². The molecule has 0 aliphatic carbocycles. The molecule has 1 atom stereocenters. The number of hydrogen-bond donors (Lipinski definition) is 0. The third-order valence-electron chi connectivity index (χ3n) is 3.06. The summed E-state index contributed by atoms with van der Waals surface area (Å²) in [6.07, 6.45) is 0.511. The topological polar surface area (TPSA) is 54.5 Å². The Balaban J connectivity index is 2.88. The van der Waals surface area contributed by atoms with Gasteiger partial charge in [-0.2, -0.15) is 0 Å². The first kappa shape index (κ1) is 14.8. The van der Waals surface area contributed by atoms with Crippen LogP contribution < -0.4 is 0 Å². The van der Waals surface area contributed by atoms with Crippen LogP contribution in [0.15, 0.2) is 0 Å². The predicted molar refractivity (Wildman–Crippen MR) is 68.9 cm³/mol. The lowest BCUT2D eigenvalue weighted by molar-refractivity contribution is -0.140. The average molecular weight is 282 g/mol. The summed E-state index contributed by atoms with van der Waals surface area (Å²) in [5, 5.41) is 0. The van der Waals surface area contributed by atoms with Gasteiger partial charge >= 0.3 is 0 Å². The van der Waals surface area contributed by atoms with Crippen LogP contribution in [0.4, 0.5) is 0 Å². The molecule has 0 radical (unpaired) electrons. The average Bonchev–Trinajstić information content (AvgIpc) is 2.34. The maximum Gasteiger partial charge on any atom is 0.229 e. The molecule has 1 unspecified atom stereocenters. The minimum absolute atomic E-state index is 0.0527. The van der Waals surface area contributed by atoms with Crippen molar-refractivity contribution in [1.29, 1.82) is 0 Å². The second kappa shape index (κ2) is 5.14.